The molecule has 0 saturated carbocycles. The summed E-state index contributed by atoms with van der Waals surface area (Å²) in [5.41, 5.74) is 1.87. The van der Waals surface area contributed by atoms with E-state index in [1.54, 1.807) is 0 Å². The molecule has 0 saturated heterocycles. The Morgan fingerprint density at radius 3 is 2.67 bits per heavy atom. The molecule has 0 heterocycles. The Kier molecular flexibility index (Phi) is 4.29. The molecule has 1 aromatic rings. The Labute approximate surface area is 90.7 Å². The Hall–Kier alpha value is -0.870. The number of hydrogen-bond acceptors (Lipinski definition) is 3. The van der Waals surface area contributed by atoms with Gasteiger partial charge in [0.05, 0.1) is 11.5 Å². The maximum Gasteiger partial charge on any atom is 0.154 e. The van der Waals surface area contributed by atoms with Crippen molar-refractivity contribution in [3.05, 3.63) is 35.4 Å². The van der Waals surface area contributed by atoms with Gasteiger partial charge in [0.2, 0.25) is 0 Å². The van der Waals surface area contributed by atoms with Gasteiger partial charge in [0.15, 0.2) is 9.84 Å². The predicted octanol–water partition coefficient (Wildman–Crippen LogP) is 1.29. The zero-order chi connectivity index (χ0) is 11.3. The third-order valence-electron chi connectivity index (χ3n) is 2.08. The first kappa shape index (κ1) is 12.2. The Balaban J connectivity index is 2.69. The monoisotopic (exact) mass is 228 g/mol. The van der Waals surface area contributed by atoms with Crippen LogP contribution in [0.3, 0.4) is 0 Å². The summed E-state index contributed by atoms with van der Waals surface area (Å²) in [7, 11) is -3.07. The summed E-state index contributed by atoms with van der Waals surface area (Å²) in [6, 6.07) is 7.47. The van der Waals surface area contributed by atoms with Crippen molar-refractivity contribution in [1.82, 2.24) is 0 Å². The van der Waals surface area contributed by atoms with E-state index < -0.39 is 9.84 Å². The normalized spacial score (nSPS) is 11.6. The number of sulfone groups is 1. The zero-order valence-corrected chi connectivity index (χ0v) is 9.63. The van der Waals surface area contributed by atoms with Gasteiger partial charge in [-0.2, -0.15) is 0 Å². The van der Waals surface area contributed by atoms with Crippen LogP contribution in [0, 0.1) is 6.92 Å². The van der Waals surface area contributed by atoms with Gasteiger partial charge in [-0.1, -0.05) is 29.8 Å². The number of aliphatic hydroxyl groups excluding tert-OH is 1. The molecule has 0 atom stereocenters. The molecule has 0 spiro atoms. The van der Waals surface area contributed by atoms with E-state index in [1.165, 1.54) is 0 Å². The third kappa shape index (κ3) is 4.44. The molecule has 0 aliphatic heterocycles. The topological polar surface area (TPSA) is 54.4 Å². The van der Waals surface area contributed by atoms with Gasteiger partial charge in [-0.15, -0.1) is 0 Å². The molecule has 0 bridgehead atoms. The summed E-state index contributed by atoms with van der Waals surface area (Å²) in [6.07, 6.45) is 0.314. The van der Waals surface area contributed by atoms with Crippen molar-refractivity contribution in [3.63, 3.8) is 0 Å². The molecule has 0 aliphatic rings. The van der Waals surface area contributed by atoms with Crippen molar-refractivity contribution in [3.8, 4) is 0 Å². The van der Waals surface area contributed by atoms with Crippen molar-refractivity contribution in [2.45, 2.75) is 19.1 Å². The highest BCUT2D eigenvalue weighted by atomic mass is 32.2. The highest BCUT2D eigenvalue weighted by Gasteiger charge is 2.11. The van der Waals surface area contributed by atoms with Crippen LogP contribution in [0.2, 0.25) is 0 Å². The number of hydrogen-bond donors (Lipinski definition) is 1. The first-order chi connectivity index (χ1) is 7.03. The minimum Gasteiger partial charge on any atom is -0.396 e. The van der Waals surface area contributed by atoms with Crippen molar-refractivity contribution >= 4 is 9.84 Å². The lowest BCUT2D eigenvalue weighted by molar-refractivity contribution is 0.295. The Bertz CT molecular complexity index is 410. The molecule has 0 unspecified atom stereocenters. The number of aliphatic hydroxyl groups is 1. The molecular weight excluding hydrogens is 212 g/mol. The van der Waals surface area contributed by atoms with Crippen LogP contribution in [0.1, 0.15) is 17.5 Å². The predicted molar refractivity (Wildman–Crippen MR) is 60.4 cm³/mol. The molecule has 3 nitrogen and oxygen atoms in total. The van der Waals surface area contributed by atoms with Crippen LogP contribution in [0.15, 0.2) is 24.3 Å². The zero-order valence-electron chi connectivity index (χ0n) is 8.81. The van der Waals surface area contributed by atoms with E-state index in [0.717, 1.165) is 11.1 Å². The van der Waals surface area contributed by atoms with Crippen molar-refractivity contribution < 1.29 is 13.5 Å². The minimum absolute atomic E-state index is 0.0530. The maximum atomic E-state index is 11.6. The summed E-state index contributed by atoms with van der Waals surface area (Å²) in [4.78, 5) is 0. The second-order valence-electron chi connectivity index (χ2n) is 3.66. The van der Waals surface area contributed by atoms with Gasteiger partial charge in [-0.05, 0) is 18.9 Å². The maximum absolute atomic E-state index is 11.6. The van der Waals surface area contributed by atoms with Crippen LogP contribution >= 0.6 is 0 Å². The molecule has 4 heteroatoms. The van der Waals surface area contributed by atoms with Crippen molar-refractivity contribution in [2.75, 3.05) is 12.4 Å². The van der Waals surface area contributed by atoms with Gasteiger partial charge < -0.3 is 5.11 Å². The Morgan fingerprint density at radius 1 is 1.33 bits per heavy atom. The first-order valence-corrected chi connectivity index (χ1v) is 6.72. The van der Waals surface area contributed by atoms with E-state index in [-0.39, 0.29) is 18.1 Å². The SMILES string of the molecule is Cc1cccc(CS(=O)(=O)CCCO)c1. The van der Waals surface area contributed by atoms with Crippen LogP contribution in [0.4, 0.5) is 0 Å². The summed E-state index contributed by atoms with van der Waals surface area (Å²) in [5.74, 6) is 0.117. The van der Waals surface area contributed by atoms with Gasteiger partial charge in [0, 0.05) is 6.61 Å². The average Bonchev–Trinajstić information content (AvgIpc) is 2.14. The number of rotatable bonds is 5. The molecule has 1 N–H and O–H groups in total. The van der Waals surface area contributed by atoms with Crippen LogP contribution in [0.25, 0.3) is 0 Å². The van der Waals surface area contributed by atoms with Gasteiger partial charge >= 0.3 is 0 Å². The van der Waals surface area contributed by atoms with E-state index in [2.05, 4.69) is 0 Å². The lowest BCUT2D eigenvalue weighted by atomic mass is 10.2. The Morgan fingerprint density at radius 2 is 2.07 bits per heavy atom. The van der Waals surface area contributed by atoms with Crippen LogP contribution in [-0.2, 0) is 15.6 Å². The third-order valence-corrected chi connectivity index (χ3v) is 3.77. The average molecular weight is 228 g/mol. The van der Waals surface area contributed by atoms with Gasteiger partial charge in [-0.3, -0.25) is 0 Å². The lowest BCUT2D eigenvalue weighted by Crippen LogP contribution is -2.10. The molecule has 0 radical (unpaired) electrons. The molecule has 84 valence electrons. The second kappa shape index (κ2) is 5.28. The minimum atomic E-state index is -3.07. The number of aryl methyl sites for hydroxylation is 1. The summed E-state index contributed by atoms with van der Waals surface area (Å²) in [5, 5.41) is 8.58. The molecule has 0 amide bonds. The van der Waals surface area contributed by atoms with Crippen molar-refractivity contribution in [1.29, 1.82) is 0 Å². The van der Waals surface area contributed by atoms with E-state index in [4.69, 9.17) is 5.11 Å². The molecular formula is C11H16O3S. The van der Waals surface area contributed by atoms with Gasteiger partial charge in [-0.25, -0.2) is 8.42 Å². The smallest absolute Gasteiger partial charge is 0.154 e. The molecule has 0 fully saturated rings. The highest BCUT2D eigenvalue weighted by Crippen LogP contribution is 2.09. The molecule has 0 aromatic heterocycles. The summed E-state index contributed by atoms with van der Waals surface area (Å²) >= 11 is 0. The van der Waals surface area contributed by atoms with Gasteiger partial charge in [0.25, 0.3) is 0 Å². The first-order valence-electron chi connectivity index (χ1n) is 4.90. The van der Waals surface area contributed by atoms with Crippen LogP contribution < -0.4 is 0 Å². The molecule has 15 heavy (non-hydrogen) atoms. The van der Waals surface area contributed by atoms with E-state index in [9.17, 15) is 8.42 Å². The quantitative estimate of drug-likeness (QED) is 0.826. The van der Waals surface area contributed by atoms with E-state index in [1.807, 2.05) is 31.2 Å². The standard InChI is InChI=1S/C11H16O3S/c1-10-4-2-5-11(8-10)9-15(13,14)7-3-6-12/h2,4-5,8,12H,3,6-7,9H2,1H3. The largest absolute Gasteiger partial charge is 0.396 e. The van der Waals surface area contributed by atoms with E-state index >= 15 is 0 Å². The number of benzene rings is 1. The lowest BCUT2D eigenvalue weighted by Gasteiger charge is -2.04. The fourth-order valence-electron chi connectivity index (χ4n) is 1.41. The highest BCUT2D eigenvalue weighted by molar-refractivity contribution is 7.90. The van der Waals surface area contributed by atoms with Gasteiger partial charge in [0.1, 0.15) is 0 Å². The fraction of sp³-hybridized carbons (Fsp3) is 0.455. The molecule has 0 aliphatic carbocycles. The summed E-state index contributed by atoms with van der Waals surface area (Å²) < 4.78 is 23.1. The van der Waals surface area contributed by atoms with Crippen LogP contribution in [-0.4, -0.2) is 25.9 Å². The second-order valence-corrected chi connectivity index (χ2v) is 5.84. The molecule has 1 rings (SSSR count). The van der Waals surface area contributed by atoms with E-state index in [0.29, 0.717) is 6.42 Å². The molecule has 1 aromatic carbocycles. The van der Waals surface area contributed by atoms with Crippen molar-refractivity contribution in [2.24, 2.45) is 0 Å². The fourth-order valence-corrected chi connectivity index (χ4v) is 2.81. The van der Waals surface area contributed by atoms with Crippen LogP contribution in [0.5, 0.6) is 0 Å². The summed E-state index contributed by atoms with van der Waals surface area (Å²) in [6.45, 7) is 1.86.